The number of likely N-dealkylation sites (tertiary alicyclic amines) is 2. The molecule has 2 heterocycles. The van der Waals surface area contributed by atoms with Crippen LogP contribution in [0.1, 0.15) is 71.1 Å². The number of rotatable bonds is 10. The van der Waals surface area contributed by atoms with Crippen LogP contribution in [-0.4, -0.2) is 60.2 Å². The predicted molar refractivity (Wildman–Crippen MR) is 153 cm³/mol. The molecule has 0 aliphatic carbocycles. The van der Waals surface area contributed by atoms with Crippen LogP contribution in [-0.2, 0) is 9.47 Å². The molecule has 10 nitrogen and oxygen atoms in total. The lowest BCUT2D eigenvalue weighted by Gasteiger charge is -2.34. The molecule has 4 rings (SSSR count). The van der Waals surface area contributed by atoms with Gasteiger partial charge in [-0.1, -0.05) is 38.0 Å². The fourth-order valence-corrected chi connectivity index (χ4v) is 4.89. The molecular weight excluding hydrogens is 526 g/mol. The molecule has 2 aliphatic heterocycles. The van der Waals surface area contributed by atoms with E-state index in [4.69, 9.17) is 18.9 Å². The first-order valence-corrected chi connectivity index (χ1v) is 14.8. The molecule has 41 heavy (non-hydrogen) atoms. The standard InChI is InChI=1S/C31H41N3O7/c1-2-3-6-15-27(40-30(36)33-21-10-5-11-22-33)32-29(35)41-28-16-9-12-23-34(28)31(37)39-26-19-17-25(18-20-26)38-24-13-7-4-8-14-24/h4,7-8,13-14,17-20,27-28H,2-3,5-6,9-12,15-16,21-23H2,1H3,(H,32,35). The summed E-state index contributed by atoms with van der Waals surface area (Å²) in [5.74, 6) is 1.67. The summed E-state index contributed by atoms with van der Waals surface area (Å²) in [6.45, 7) is 3.80. The maximum Gasteiger partial charge on any atom is 0.418 e. The summed E-state index contributed by atoms with van der Waals surface area (Å²) in [6, 6.07) is 16.1. The third-order valence-corrected chi connectivity index (χ3v) is 7.14. The highest BCUT2D eigenvalue weighted by Crippen LogP contribution is 2.25. The normalized spacial score (nSPS) is 17.7. The maximum atomic E-state index is 13.0. The van der Waals surface area contributed by atoms with Crippen molar-refractivity contribution in [3.05, 3.63) is 54.6 Å². The highest BCUT2D eigenvalue weighted by molar-refractivity contribution is 5.73. The van der Waals surface area contributed by atoms with Gasteiger partial charge in [0.1, 0.15) is 17.2 Å². The zero-order valence-electron chi connectivity index (χ0n) is 23.8. The highest BCUT2D eigenvalue weighted by atomic mass is 16.6. The fourth-order valence-electron chi connectivity index (χ4n) is 4.89. The number of carbonyl (C=O) groups is 3. The van der Waals surface area contributed by atoms with Gasteiger partial charge >= 0.3 is 18.3 Å². The monoisotopic (exact) mass is 567 g/mol. The van der Waals surface area contributed by atoms with Crippen molar-refractivity contribution in [2.24, 2.45) is 0 Å². The van der Waals surface area contributed by atoms with Crippen molar-refractivity contribution in [3.63, 3.8) is 0 Å². The zero-order chi connectivity index (χ0) is 28.9. The van der Waals surface area contributed by atoms with Crippen LogP contribution in [0, 0.1) is 0 Å². The molecule has 0 radical (unpaired) electrons. The van der Waals surface area contributed by atoms with Crippen LogP contribution in [0.15, 0.2) is 54.6 Å². The Balaban J connectivity index is 1.30. The van der Waals surface area contributed by atoms with Crippen molar-refractivity contribution in [3.8, 4) is 17.2 Å². The second-order valence-corrected chi connectivity index (χ2v) is 10.4. The topological polar surface area (TPSA) is 107 Å². The summed E-state index contributed by atoms with van der Waals surface area (Å²) in [6.07, 6.45) is 4.96. The minimum absolute atomic E-state index is 0.352. The molecule has 2 fully saturated rings. The van der Waals surface area contributed by atoms with Gasteiger partial charge in [-0.3, -0.25) is 10.2 Å². The Hall–Kier alpha value is -3.95. The van der Waals surface area contributed by atoms with Gasteiger partial charge in [-0.15, -0.1) is 0 Å². The predicted octanol–water partition coefficient (Wildman–Crippen LogP) is 7.04. The van der Waals surface area contributed by atoms with Crippen molar-refractivity contribution in [2.75, 3.05) is 19.6 Å². The average Bonchev–Trinajstić information content (AvgIpc) is 2.99. The van der Waals surface area contributed by atoms with Crippen LogP contribution in [0.4, 0.5) is 14.4 Å². The van der Waals surface area contributed by atoms with Gasteiger partial charge < -0.3 is 23.8 Å². The zero-order valence-corrected chi connectivity index (χ0v) is 23.8. The molecule has 0 saturated carbocycles. The number of para-hydroxylation sites is 1. The van der Waals surface area contributed by atoms with E-state index in [-0.39, 0.29) is 0 Å². The Morgan fingerprint density at radius 1 is 0.829 bits per heavy atom. The van der Waals surface area contributed by atoms with Crippen molar-refractivity contribution in [2.45, 2.75) is 83.6 Å². The second kappa shape index (κ2) is 15.7. The number of hydrogen-bond acceptors (Lipinski definition) is 7. The summed E-state index contributed by atoms with van der Waals surface area (Å²) < 4.78 is 22.7. The summed E-state index contributed by atoms with van der Waals surface area (Å²) in [7, 11) is 0. The number of nitrogens with zero attached hydrogens (tertiary/aromatic N) is 2. The number of carbonyl (C=O) groups excluding carboxylic acids is 3. The van der Waals surface area contributed by atoms with Crippen LogP contribution in [0.3, 0.4) is 0 Å². The number of piperidine rings is 2. The van der Waals surface area contributed by atoms with Crippen LogP contribution in [0.5, 0.6) is 17.2 Å². The first kappa shape index (κ1) is 30.0. The Labute approximate surface area is 241 Å². The molecule has 2 aliphatic rings. The first-order valence-electron chi connectivity index (χ1n) is 14.8. The average molecular weight is 568 g/mol. The van der Waals surface area contributed by atoms with E-state index in [2.05, 4.69) is 12.2 Å². The van der Waals surface area contributed by atoms with Gasteiger partial charge in [0.15, 0.2) is 12.5 Å². The largest absolute Gasteiger partial charge is 0.457 e. The number of ether oxygens (including phenoxy) is 4. The van der Waals surface area contributed by atoms with Gasteiger partial charge in [0.25, 0.3) is 0 Å². The Kier molecular flexibility index (Phi) is 11.5. The van der Waals surface area contributed by atoms with Crippen molar-refractivity contribution in [1.29, 1.82) is 0 Å². The lowest BCUT2D eigenvalue weighted by atomic mass is 10.1. The van der Waals surface area contributed by atoms with E-state index >= 15 is 0 Å². The number of nitrogens with one attached hydrogen (secondary N) is 1. The lowest BCUT2D eigenvalue weighted by molar-refractivity contribution is -0.0305. The third-order valence-electron chi connectivity index (χ3n) is 7.14. The first-order chi connectivity index (χ1) is 20.0. The van der Waals surface area contributed by atoms with Gasteiger partial charge in [-0.05, 0) is 74.9 Å². The molecule has 1 N–H and O–H groups in total. The number of benzene rings is 2. The molecule has 0 spiro atoms. The van der Waals surface area contributed by atoms with Crippen molar-refractivity contribution in [1.82, 2.24) is 15.1 Å². The number of alkyl carbamates (subject to hydrolysis) is 1. The van der Waals surface area contributed by atoms with E-state index in [9.17, 15) is 14.4 Å². The molecule has 2 unspecified atom stereocenters. The van der Waals surface area contributed by atoms with Gasteiger partial charge in [0.2, 0.25) is 0 Å². The fraction of sp³-hybridized carbons (Fsp3) is 0.516. The Bertz CT molecular complexity index is 1110. The van der Waals surface area contributed by atoms with Crippen molar-refractivity contribution < 1.29 is 33.3 Å². The molecule has 2 aromatic carbocycles. The minimum Gasteiger partial charge on any atom is -0.457 e. The summed E-state index contributed by atoms with van der Waals surface area (Å²) in [4.78, 5) is 41.7. The van der Waals surface area contributed by atoms with E-state index in [0.29, 0.717) is 49.7 Å². The van der Waals surface area contributed by atoms with Gasteiger partial charge in [-0.2, -0.15) is 0 Å². The quantitative estimate of drug-likeness (QED) is 0.242. The van der Waals surface area contributed by atoms with E-state index < -0.39 is 30.7 Å². The Morgan fingerprint density at radius 3 is 2.24 bits per heavy atom. The van der Waals surface area contributed by atoms with E-state index in [1.165, 1.54) is 4.90 Å². The van der Waals surface area contributed by atoms with Gasteiger partial charge in [0, 0.05) is 32.5 Å². The van der Waals surface area contributed by atoms with Gasteiger partial charge in [0.05, 0.1) is 0 Å². The minimum atomic E-state index is -0.802. The molecule has 222 valence electrons. The SMILES string of the molecule is CCCCCC(NC(=O)OC1CCCCN1C(=O)Oc1ccc(Oc2ccccc2)cc1)OC(=O)N1CCCCC1. The molecule has 2 atom stereocenters. The van der Waals surface area contributed by atoms with E-state index in [0.717, 1.165) is 51.4 Å². The number of unbranched alkanes of at least 4 members (excludes halogenated alkanes) is 2. The molecule has 2 aromatic rings. The lowest BCUT2D eigenvalue weighted by Crippen LogP contribution is -2.50. The summed E-state index contributed by atoms with van der Waals surface area (Å²) in [5.41, 5.74) is 0. The van der Waals surface area contributed by atoms with Crippen LogP contribution >= 0.6 is 0 Å². The molecule has 3 amide bonds. The summed E-state index contributed by atoms with van der Waals surface area (Å²) >= 11 is 0. The van der Waals surface area contributed by atoms with Crippen LogP contribution in [0.2, 0.25) is 0 Å². The van der Waals surface area contributed by atoms with Crippen LogP contribution < -0.4 is 14.8 Å². The second-order valence-electron chi connectivity index (χ2n) is 10.4. The van der Waals surface area contributed by atoms with Crippen LogP contribution in [0.25, 0.3) is 0 Å². The molecule has 0 bridgehead atoms. The molecule has 2 saturated heterocycles. The van der Waals surface area contributed by atoms with E-state index in [1.54, 1.807) is 29.2 Å². The number of hydrogen-bond donors (Lipinski definition) is 1. The Morgan fingerprint density at radius 2 is 1.51 bits per heavy atom. The summed E-state index contributed by atoms with van der Waals surface area (Å²) in [5, 5.41) is 2.70. The van der Waals surface area contributed by atoms with Gasteiger partial charge in [-0.25, -0.2) is 14.4 Å². The smallest absolute Gasteiger partial charge is 0.418 e. The third kappa shape index (κ3) is 9.58. The molecular formula is C31H41N3O7. The highest BCUT2D eigenvalue weighted by Gasteiger charge is 2.32. The maximum absolute atomic E-state index is 13.0. The number of amides is 3. The van der Waals surface area contributed by atoms with Crippen molar-refractivity contribution >= 4 is 18.3 Å². The van der Waals surface area contributed by atoms with E-state index in [1.807, 2.05) is 30.3 Å². The molecule has 10 heteroatoms. The molecule has 0 aromatic heterocycles.